The third-order valence-corrected chi connectivity index (χ3v) is 3.39. The second-order valence-electron chi connectivity index (χ2n) is 5.11. The molecular formula is C17H18FNO. The van der Waals surface area contributed by atoms with Gasteiger partial charge in [0.2, 0.25) is 5.91 Å². The summed E-state index contributed by atoms with van der Waals surface area (Å²) >= 11 is 0. The number of rotatable bonds is 3. The molecule has 0 aliphatic rings. The Balaban J connectivity index is 2.04. The summed E-state index contributed by atoms with van der Waals surface area (Å²) in [7, 11) is 0. The molecule has 104 valence electrons. The van der Waals surface area contributed by atoms with Crippen LogP contribution in [0, 0.1) is 26.6 Å². The van der Waals surface area contributed by atoms with E-state index in [-0.39, 0.29) is 18.1 Å². The summed E-state index contributed by atoms with van der Waals surface area (Å²) in [5, 5.41) is 2.71. The van der Waals surface area contributed by atoms with Gasteiger partial charge in [0.15, 0.2) is 0 Å². The molecule has 1 amide bonds. The van der Waals surface area contributed by atoms with Crippen molar-refractivity contribution < 1.29 is 9.18 Å². The molecular weight excluding hydrogens is 253 g/mol. The molecule has 0 saturated carbocycles. The number of aryl methyl sites for hydroxylation is 3. The van der Waals surface area contributed by atoms with Gasteiger partial charge in [-0.05, 0) is 55.2 Å². The maximum atomic E-state index is 13.4. The van der Waals surface area contributed by atoms with Crippen LogP contribution in [-0.2, 0) is 11.2 Å². The lowest BCUT2D eigenvalue weighted by Crippen LogP contribution is -2.14. The van der Waals surface area contributed by atoms with Crippen LogP contribution in [0.4, 0.5) is 10.1 Å². The molecule has 0 aromatic heterocycles. The van der Waals surface area contributed by atoms with E-state index in [0.717, 1.165) is 11.1 Å². The van der Waals surface area contributed by atoms with Gasteiger partial charge in [0.05, 0.1) is 6.42 Å². The Morgan fingerprint density at radius 2 is 1.70 bits per heavy atom. The summed E-state index contributed by atoms with van der Waals surface area (Å²) in [5.41, 5.74) is 4.38. The fraction of sp³-hybridized carbons (Fsp3) is 0.235. The topological polar surface area (TPSA) is 29.1 Å². The third-order valence-electron chi connectivity index (χ3n) is 3.39. The van der Waals surface area contributed by atoms with Crippen molar-refractivity contribution in [2.45, 2.75) is 27.2 Å². The zero-order chi connectivity index (χ0) is 14.7. The van der Waals surface area contributed by atoms with Gasteiger partial charge in [0, 0.05) is 5.69 Å². The third kappa shape index (κ3) is 3.44. The lowest BCUT2D eigenvalue weighted by molar-refractivity contribution is -0.115. The minimum absolute atomic E-state index is 0.142. The Bertz CT molecular complexity index is 594. The molecule has 0 unspecified atom stereocenters. The van der Waals surface area contributed by atoms with Crippen LogP contribution in [0.15, 0.2) is 36.4 Å². The molecule has 0 aliphatic heterocycles. The van der Waals surface area contributed by atoms with Crippen molar-refractivity contribution >= 4 is 11.6 Å². The van der Waals surface area contributed by atoms with E-state index in [2.05, 4.69) is 5.32 Å². The molecule has 0 bridgehead atoms. The minimum atomic E-state index is -0.311. The van der Waals surface area contributed by atoms with Gasteiger partial charge in [-0.25, -0.2) is 4.39 Å². The maximum Gasteiger partial charge on any atom is 0.228 e. The van der Waals surface area contributed by atoms with Crippen molar-refractivity contribution in [3.63, 3.8) is 0 Å². The molecule has 0 fully saturated rings. The average Bonchev–Trinajstić information content (AvgIpc) is 2.38. The summed E-state index contributed by atoms with van der Waals surface area (Å²) in [6.45, 7) is 5.75. The highest BCUT2D eigenvalue weighted by atomic mass is 19.1. The summed E-state index contributed by atoms with van der Waals surface area (Å²) in [5.74, 6) is -0.453. The van der Waals surface area contributed by atoms with E-state index in [4.69, 9.17) is 0 Å². The van der Waals surface area contributed by atoms with Crippen LogP contribution in [0.2, 0.25) is 0 Å². The number of anilines is 1. The Kier molecular flexibility index (Phi) is 4.18. The Labute approximate surface area is 118 Å². The molecule has 0 saturated heterocycles. The van der Waals surface area contributed by atoms with Gasteiger partial charge in [-0.1, -0.05) is 24.3 Å². The molecule has 0 atom stereocenters. The van der Waals surface area contributed by atoms with E-state index in [0.29, 0.717) is 11.3 Å². The molecule has 0 spiro atoms. The van der Waals surface area contributed by atoms with Gasteiger partial charge in [-0.2, -0.15) is 0 Å². The molecule has 2 aromatic rings. The van der Waals surface area contributed by atoms with Crippen molar-refractivity contribution in [3.05, 3.63) is 64.5 Å². The molecule has 20 heavy (non-hydrogen) atoms. The highest BCUT2D eigenvalue weighted by Gasteiger charge is 2.06. The molecule has 0 radical (unpaired) electrons. The molecule has 1 N–H and O–H groups in total. The predicted molar refractivity (Wildman–Crippen MR) is 79.4 cm³/mol. The monoisotopic (exact) mass is 271 g/mol. The van der Waals surface area contributed by atoms with Crippen molar-refractivity contribution in [2.75, 3.05) is 5.32 Å². The van der Waals surface area contributed by atoms with Gasteiger partial charge in [0.25, 0.3) is 0 Å². The first-order valence-corrected chi connectivity index (χ1v) is 6.58. The fourth-order valence-electron chi connectivity index (χ4n) is 1.97. The first-order valence-electron chi connectivity index (χ1n) is 6.58. The van der Waals surface area contributed by atoms with Crippen molar-refractivity contribution in [1.29, 1.82) is 0 Å². The standard InChI is InChI=1S/C17H18FNO/c1-11-4-6-14(8-13(11)3)9-17(20)19-15-7-5-12(2)16(18)10-15/h4-8,10H,9H2,1-3H3,(H,19,20). The molecule has 2 nitrogen and oxygen atoms in total. The summed E-state index contributed by atoms with van der Waals surface area (Å²) in [6.07, 6.45) is 0.288. The smallest absolute Gasteiger partial charge is 0.228 e. The molecule has 3 heteroatoms. The van der Waals surface area contributed by atoms with Gasteiger partial charge in [0.1, 0.15) is 5.82 Å². The molecule has 0 aliphatic carbocycles. The van der Waals surface area contributed by atoms with E-state index in [1.54, 1.807) is 19.1 Å². The van der Waals surface area contributed by atoms with Gasteiger partial charge in [-0.15, -0.1) is 0 Å². The van der Waals surface area contributed by atoms with Crippen LogP contribution < -0.4 is 5.32 Å². The van der Waals surface area contributed by atoms with Crippen LogP contribution in [0.1, 0.15) is 22.3 Å². The van der Waals surface area contributed by atoms with Gasteiger partial charge < -0.3 is 5.32 Å². The second-order valence-corrected chi connectivity index (χ2v) is 5.11. The van der Waals surface area contributed by atoms with Crippen molar-refractivity contribution in [3.8, 4) is 0 Å². The maximum absolute atomic E-state index is 13.4. The van der Waals surface area contributed by atoms with E-state index in [1.165, 1.54) is 11.6 Å². The number of carbonyl (C=O) groups excluding carboxylic acids is 1. The summed E-state index contributed by atoms with van der Waals surface area (Å²) < 4.78 is 13.4. The lowest BCUT2D eigenvalue weighted by Gasteiger charge is -2.08. The number of benzene rings is 2. The highest BCUT2D eigenvalue weighted by molar-refractivity contribution is 5.92. The number of carbonyl (C=O) groups is 1. The van der Waals surface area contributed by atoms with Crippen LogP contribution in [-0.4, -0.2) is 5.91 Å². The quantitative estimate of drug-likeness (QED) is 0.900. The molecule has 2 rings (SSSR count). The number of halogens is 1. The number of nitrogens with one attached hydrogen (secondary N) is 1. The van der Waals surface area contributed by atoms with E-state index >= 15 is 0 Å². The predicted octanol–water partition coefficient (Wildman–Crippen LogP) is 3.93. The van der Waals surface area contributed by atoms with Gasteiger partial charge in [-0.3, -0.25) is 4.79 Å². The van der Waals surface area contributed by atoms with Crippen LogP contribution >= 0.6 is 0 Å². The van der Waals surface area contributed by atoms with E-state index < -0.39 is 0 Å². The normalized spacial score (nSPS) is 10.4. The molecule has 0 heterocycles. The Morgan fingerprint density at radius 3 is 2.35 bits per heavy atom. The zero-order valence-electron chi connectivity index (χ0n) is 12.0. The molecule has 2 aromatic carbocycles. The van der Waals surface area contributed by atoms with Gasteiger partial charge >= 0.3 is 0 Å². The summed E-state index contributed by atoms with van der Waals surface area (Å²) in [6, 6.07) is 10.6. The SMILES string of the molecule is Cc1ccc(CC(=O)Nc2ccc(C)c(F)c2)cc1C. The van der Waals surface area contributed by atoms with Crippen LogP contribution in [0.3, 0.4) is 0 Å². The number of amides is 1. The summed E-state index contributed by atoms with van der Waals surface area (Å²) in [4.78, 5) is 11.9. The zero-order valence-corrected chi connectivity index (χ0v) is 12.0. The fourth-order valence-corrected chi connectivity index (χ4v) is 1.97. The van der Waals surface area contributed by atoms with E-state index in [1.807, 2.05) is 32.0 Å². The van der Waals surface area contributed by atoms with Crippen LogP contribution in [0.5, 0.6) is 0 Å². The van der Waals surface area contributed by atoms with Crippen molar-refractivity contribution in [2.24, 2.45) is 0 Å². The minimum Gasteiger partial charge on any atom is -0.326 e. The Morgan fingerprint density at radius 1 is 1.00 bits per heavy atom. The average molecular weight is 271 g/mol. The number of hydrogen-bond donors (Lipinski definition) is 1. The van der Waals surface area contributed by atoms with E-state index in [9.17, 15) is 9.18 Å². The first-order chi connectivity index (χ1) is 9.45. The lowest BCUT2D eigenvalue weighted by atomic mass is 10.0. The van der Waals surface area contributed by atoms with Crippen molar-refractivity contribution in [1.82, 2.24) is 0 Å². The Hall–Kier alpha value is -2.16. The number of hydrogen-bond acceptors (Lipinski definition) is 1. The first kappa shape index (κ1) is 14.3. The van der Waals surface area contributed by atoms with Crippen LogP contribution in [0.25, 0.3) is 0 Å². The largest absolute Gasteiger partial charge is 0.326 e. The second kappa shape index (κ2) is 5.87. The highest BCUT2D eigenvalue weighted by Crippen LogP contribution is 2.15.